The van der Waals surface area contributed by atoms with E-state index < -0.39 is 10.0 Å². The molecule has 0 saturated carbocycles. The Morgan fingerprint density at radius 1 is 1.30 bits per heavy atom. The smallest absolute Gasteiger partial charge is 0.240 e. The van der Waals surface area contributed by atoms with Crippen LogP contribution in [0.3, 0.4) is 0 Å². The maximum atomic E-state index is 12.3. The first kappa shape index (κ1) is 17.5. The minimum atomic E-state index is -3.47. The summed E-state index contributed by atoms with van der Waals surface area (Å²) in [4.78, 5) is 0.295. The molecule has 0 aliphatic heterocycles. The van der Waals surface area contributed by atoms with Crippen LogP contribution in [0.15, 0.2) is 23.1 Å². The normalized spacial score (nSPS) is 13.4. The van der Waals surface area contributed by atoms with Crippen molar-refractivity contribution in [2.24, 2.45) is 5.73 Å². The van der Waals surface area contributed by atoms with Gasteiger partial charge in [0.1, 0.15) is 0 Å². The van der Waals surface area contributed by atoms with Crippen molar-refractivity contribution in [3.63, 3.8) is 0 Å². The van der Waals surface area contributed by atoms with E-state index in [-0.39, 0.29) is 6.04 Å². The number of thioether (sulfide) groups is 1. The van der Waals surface area contributed by atoms with E-state index >= 15 is 0 Å². The largest absolute Gasteiger partial charge is 0.326 e. The monoisotopic (exact) mass is 316 g/mol. The lowest BCUT2D eigenvalue weighted by Crippen LogP contribution is -2.34. The zero-order chi connectivity index (χ0) is 15.2. The molecule has 20 heavy (non-hydrogen) atoms. The third-order valence-corrected chi connectivity index (χ3v) is 5.75. The number of aryl methyl sites for hydroxylation is 1. The lowest BCUT2D eigenvalue weighted by Gasteiger charge is -2.15. The number of hydrogen-bond donors (Lipinski definition) is 2. The molecule has 1 rings (SSSR count). The molecule has 1 aromatic rings. The summed E-state index contributed by atoms with van der Waals surface area (Å²) in [5.74, 6) is 1.75. The van der Waals surface area contributed by atoms with Gasteiger partial charge in [0.05, 0.1) is 4.90 Å². The zero-order valence-electron chi connectivity index (χ0n) is 12.3. The minimum Gasteiger partial charge on any atom is -0.326 e. The molecule has 0 bridgehead atoms. The molecule has 0 heterocycles. The highest BCUT2D eigenvalue weighted by atomic mass is 32.2. The van der Waals surface area contributed by atoms with E-state index in [2.05, 4.69) is 11.6 Å². The molecule has 1 unspecified atom stereocenters. The van der Waals surface area contributed by atoms with Gasteiger partial charge < -0.3 is 5.73 Å². The van der Waals surface area contributed by atoms with Gasteiger partial charge in [-0.2, -0.15) is 11.8 Å². The van der Waals surface area contributed by atoms with E-state index in [1.54, 1.807) is 23.9 Å². The fraction of sp³-hybridized carbons (Fsp3) is 0.571. The molecule has 0 aliphatic rings. The van der Waals surface area contributed by atoms with Crippen LogP contribution < -0.4 is 10.5 Å². The van der Waals surface area contributed by atoms with Crippen LogP contribution in [0.25, 0.3) is 0 Å². The Kier molecular flexibility index (Phi) is 7.02. The quantitative estimate of drug-likeness (QED) is 0.770. The predicted molar refractivity (Wildman–Crippen MR) is 86.5 cm³/mol. The minimum absolute atomic E-state index is 0.0860. The molecular weight excluding hydrogens is 292 g/mol. The summed E-state index contributed by atoms with van der Waals surface area (Å²) in [5, 5.41) is 0. The highest BCUT2D eigenvalue weighted by Gasteiger charge is 2.18. The summed E-state index contributed by atoms with van der Waals surface area (Å²) in [7, 11) is -3.47. The standard InChI is InChI=1S/C14H24N2O2S2/c1-4-12-6-7-14(8-13(12)9-15)20(17,18)16-11(3)10-19-5-2/h6-8,11,16H,4-5,9-10,15H2,1-3H3. The average Bonchev–Trinajstić information content (AvgIpc) is 2.43. The van der Waals surface area contributed by atoms with Crippen LogP contribution in [0.4, 0.5) is 0 Å². The summed E-state index contributed by atoms with van der Waals surface area (Å²) in [5.41, 5.74) is 7.68. The lowest BCUT2D eigenvalue weighted by atomic mass is 10.1. The van der Waals surface area contributed by atoms with Crippen LogP contribution in [0.2, 0.25) is 0 Å². The summed E-state index contributed by atoms with van der Waals surface area (Å²) in [6.07, 6.45) is 0.851. The Hall–Kier alpha value is -0.560. The number of rotatable bonds is 8. The zero-order valence-corrected chi connectivity index (χ0v) is 14.0. The second-order valence-corrected chi connectivity index (χ2v) is 7.70. The Morgan fingerprint density at radius 3 is 2.55 bits per heavy atom. The summed E-state index contributed by atoms with van der Waals surface area (Å²) < 4.78 is 27.3. The van der Waals surface area contributed by atoms with Crippen molar-refractivity contribution in [1.29, 1.82) is 0 Å². The van der Waals surface area contributed by atoms with Crippen LogP contribution >= 0.6 is 11.8 Å². The SMILES string of the molecule is CCSCC(C)NS(=O)(=O)c1ccc(CC)c(CN)c1. The maximum Gasteiger partial charge on any atom is 0.240 e. The molecule has 6 heteroatoms. The van der Waals surface area contributed by atoms with E-state index in [0.717, 1.165) is 29.1 Å². The summed E-state index contributed by atoms with van der Waals surface area (Å²) in [6, 6.07) is 5.10. The molecule has 0 saturated heterocycles. The maximum absolute atomic E-state index is 12.3. The number of hydrogen-bond acceptors (Lipinski definition) is 4. The third-order valence-electron chi connectivity index (χ3n) is 3.02. The van der Waals surface area contributed by atoms with E-state index in [1.807, 2.05) is 19.9 Å². The second kappa shape index (κ2) is 8.02. The molecule has 114 valence electrons. The Bertz CT molecular complexity index is 530. The Labute approximate surface area is 126 Å². The van der Waals surface area contributed by atoms with E-state index in [0.29, 0.717) is 11.4 Å². The lowest BCUT2D eigenvalue weighted by molar-refractivity contribution is 0.571. The van der Waals surface area contributed by atoms with Gasteiger partial charge in [-0.3, -0.25) is 0 Å². The van der Waals surface area contributed by atoms with Gasteiger partial charge in [0.25, 0.3) is 0 Å². The van der Waals surface area contributed by atoms with Crippen molar-refractivity contribution in [1.82, 2.24) is 4.72 Å². The predicted octanol–water partition coefficient (Wildman–Crippen LogP) is 2.13. The first-order valence-electron chi connectivity index (χ1n) is 6.86. The average molecular weight is 316 g/mol. The Balaban J connectivity index is 2.92. The van der Waals surface area contributed by atoms with Crippen molar-refractivity contribution in [3.05, 3.63) is 29.3 Å². The van der Waals surface area contributed by atoms with Gasteiger partial charge in [0.2, 0.25) is 10.0 Å². The van der Waals surface area contributed by atoms with Gasteiger partial charge in [0, 0.05) is 18.3 Å². The van der Waals surface area contributed by atoms with E-state index in [4.69, 9.17) is 5.73 Å². The highest BCUT2D eigenvalue weighted by molar-refractivity contribution is 7.99. The van der Waals surface area contributed by atoms with Crippen LogP contribution in [0, 0.1) is 0 Å². The molecule has 0 amide bonds. The third kappa shape index (κ3) is 4.77. The number of benzene rings is 1. The summed E-state index contributed by atoms with van der Waals surface area (Å²) in [6.45, 7) is 6.33. The first-order chi connectivity index (χ1) is 9.44. The van der Waals surface area contributed by atoms with Crippen molar-refractivity contribution in [2.75, 3.05) is 11.5 Å². The van der Waals surface area contributed by atoms with Crippen LogP contribution in [-0.4, -0.2) is 26.0 Å². The van der Waals surface area contributed by atoms with Crippen molar-refractivity contribution in [2.45, 2.75) is 44.7 Å². The highest BCUT2D eigenvalue weighted by Crippen LogP contribution is 2.17. The number of nitrogens with one attached hydrogen (secondary N) is 1. The number of sulfonamides is 1. The molecule has 4 nitrogen and oxygen atoms in total. The fourth-order valence-corrected chi connectivity index (χ4v) is 4.04. The van der Waals surface area contributed by atoms with Crippen molar-refractivity contribution >= 4 is 21.8 Å². The fourth-order valence-electron chi connectivity index (χ4n) is 1.97. The van der Waals surface area contributed by atoms with Crippen LogP contribution in [0.1, 0.15) is 31.9 Å². The topological polar surface area (TPSA) is 72.2 Å². The molecule has 1 aromatic carbocycles. The molecule has 0 aliphatic carbocycles. The van der Waals surface area contributed by atoms with E-state index in [1.165, 1.54) is 0 Å². The Morgan fingerprint density at radius 2 is 2.00 bits per heavy atom. The number of nitrogens with two attached hydrogens (primary N) is 1. The second-order valence-electron chi connectivity index (χ2n) is 4.67. The van der Waals surface area contributed by atoms with Crippen LogP contribution in [-0.2, 0) is 23.0 Å². The first-order valence-corrected chi connectivity index (χ1v) is 9.50. The van der Waals surface area contributed by atoms with Gasteiger partial charge >= 0.3 is 0 Å². The van der Waals surface area contributed by atoms with Gasteiger partial charge in [0.15, 0.2) is 0 Å². The molecule has 0 spiro atoms. The molecule has 0 fully saturated rings. The van der Waals surface area contributed by atoms with Gasteiger partial charge in [-0.1, -0.05) is 19.9 Å². The van der Waals surface area contributed by atoms with E-state index in [9.17, 15) is 8.42 Å². The van der Waals surface area contributed by atoms with Gasteiger partial charge in [-0.25, -0.2) is 13.1 Å². The van der Waals surface area contributed by atoms with Gasteiger partial charge in [-0.15, -0.1) is 0 Å². The van der Waals surface area contributed by atoms with Crippen molar-refractivity contribution < 1.29 is 8.42 Å². The summed E-state index contributed by atoms with van der Waals surface area (Å²) >= 11 is 1.72. The van der Waals surface area contributed by atoms with Crippen molar-refractivity contribution in [3.8, 4) is 0 Å². The molecule has 1 atom stereocenters. The molecule has 3 N–H and O–H groups in total. The van der Waals surface area contributed by atoms with Gasteiger partial charge in [-0.05, 0) is 42.4 Å². The molecule has 0 radical (unpaired) electrons. The molecule has 0 aromatic heterocycles. The van der Waals surface area contributed by atoms with Crippen LogP contribution in [0.5, 0.6) is 0 Å². The molecular formula is C14H24N2O2S2.